The molecule has 1 amide bonds. The number of rotatable bonds is 4. The van der Waals surface area contributed by atoms with E-state index in [4.69, 9.17) is 0 Å². The molecule has 5 rings (SSSR count). The molecular weight excluding hydrogens is 400 g/mol. The van der Waals surface area contributed by atoms with Crippen LogP contribution in [0.4, 0.5) is 0 Å². The van der Waals surface area contributed by atoms with Crippen molar-refractivity contribution in [2.75, 3.05) is 13.1 Å². The minimum atomic E-state index is -0.465. The van der Waals surface area contributed by atoms with Crippen molar-refractivity contribution < 1.29 is 9.59 Å². The first-order valence-electron chi connectivity index (χ1n) is 11.1. The smallest absolute Gasteiger partial charge is 0.295 e. The first-order chi connectivity index (χ1) is 15.5. The first kappa shape index (κ1) is 20.2. The van der Waals surface area contributed by atoms with Gasteiger partial charge in [-0.05, 0) is 56.4 Å². The number of aromatic nitrogens is 3. The van der Waals surface area contributed by atoms with Gasteiger partial charge in [-0.25, -0.2) is 4.68 Å². The van der Waals surface area contributed by atoms with Crippen LogP contribution in [0.2, 0.25) is 0 Å². The highest BCUT2D eigenvalue weighted by Crippen LogP contribution is 2.33. The van der Waals surface area contributed by atoms with Crippen molar-refractivity contribution in [3.63, 3.8) is 0 Å². The number of para-hydroxylation sites is 2. The number of Topliss-reactive ketones (excluding diaryl/α,β-unsaturated/α-hetero) is 1. The maximum atomic E-state index is 13.2. The summed E-state index contributed by atoms with van der Waals surface area (Å²) in [6, 6.07) is 18.0. The van der Waals surface area contributed by atoms with E-state index in [0.29, 0.717) is 36.0 Å². The van der Waals surface area contributed by atoms with Gasteiger partial charge in [0.15, 0.2) is 0 Å². The fourth-order valence-electron chi connectivity index (χ4n) is 4.87. The number of piperidine rings is 1. The van der Waals surface area contributed by atoms with Crippen LogP contribution >= 0.6 is 0 Å². The number of H-pyrrole nitrogens is 1. The van der Waals surface area contributed by atoms with E-state index < -0.39 is 11.7 Å². The molecule has 3 heterocycles. The second-order valence-electron chi connectivity index (χ2n) is 8.48. The van der Waals surface area contributed by atoms with Gasteiger partial charge in [-0.3, -0.25) is 9.59 Å². The summed E-state index contributed by atoms with van der Waals surface area (Å²) in [5.74, 6) is -0.511. The summed E-state index contributed by atoms with van der Waals surface area (Å²) in [5.41, 5.74) is 5.00. The van der Waals surface area contributed by atoms with E-state index >= 15 is 0 Å². The molecule has 2 aromatic carbocycles. The topological polar surface area (TPSA) is 71.0 Å². The van der Waals surface area contributed by atoms with Gasteiger partial charge in [0, 0.05) is 30.2 Å². The van der Waals surface area contributed by atoms with E-state index in [-0.39, 0.29) is 0 Å². The number of benzene rings is 2. The number of aromatic amines is 1. The molecule has 0 unspecified atom stereocenters. The Kier molecular flexibility index (Phi) is 5.13. The van der Waals surface area contributed by atoms with E-state index in [1.807, 2.05) is 43.3 Å². The molecule has 1 aliphatic rings. The standard InChI is InChI=1S/C26H26N4O2/c1-17-24(18(2)30(28-17)20-8-4-3-5-9-20)25(31)26(32)29-14-12-19(13-15-29)22-16-27-23-11-7-6-10-21(22)23/h3-11,16,19,27H,12-15H2,1-2H3. The molecule has 0 atom stereocenters. The van der Waals surface area contributed by atoms with Gasteiger partial charge >= 0.3 is 0 Å². The minimum Gasteiger partial charge on any atom is -0.361 e. The third-order valence-corrected chi connectivity index (χ3v) is 6.56. The van der Waals surface area contributed by atoms with Gasteiger partial charge in [-0.15, -0.1) is 0 Å². The van der Waals surface area contributed by atoms with Crippen molar-refractivity contribution in [2.45, 2.75) is 32.6 Å². The van der Waals surface area contributed by atoms with Gasteiger partial charge in [0.1, 0.15) is 0 Å². The molecule has 1 aliphatic heterocycles. The van der Waals surface area contributed by atoms with Crippen LogP contribution in [0, 0.1) is 13.8 Å². The quantitative estimate of drug-likeness (QED) is 0.384. The van der Waals surface area contributed by atoms with Crippen LogP contribution in [-0.2, 0) is 4.79 Å². The van der Waals surface area contributed by atoms with Gasteiger partial charge < -0.3 is 9.88 Å². The summed E-state index contributed by atoms with van der Waals surface area (Å²) in [5, 5.41) is 5.77. The SMILES string of the molecule is Cc1nn(-c2ccccc2)c(C)c1C(=O)C(=O)N1CCC(c2c[nH]c3ccccc23)CC1. The number of carbonyl (C=O) groups excluding carboxylic acids is 2. The Morgan fingerprint density at radius 3 is 2.41 bits per heavy atom. The van der Waals surface area contributed by atoms with E-state index in [1.54, 1.807) is 16.5 Å². The van der Waals surface area contributed by atoms with Crippen LogP contribution in [0.5, 0.6) is 0 Å². The Bertz CT molecular complexity index is 1290. The molecule has 2 aromatic heterocycles. The maximum Gasteiger partial charge on any atom is 0.295 e. The molecule has 0 bridgehead atoms. The molecule has 0 aliphatic carbocycles. The van der Waals surface area contributed by atoms with Crippen LogP contribution in [0.15, 0.2) is 60.8 Å². The number of likely N-dealkylation sites (tertiary alicyclic amines) is 1. The van der Waals surface area contributed by atoms with Gasteiger partial charge in [0.2, 0.25) is 0 Å². The number of carbonyl (C=O) groups is 2. The van der Waals surface area contributed by atoms with Crippen molar-refractivity contribution in [1.29, 1.82) is 0 Å². The molecule has 32 heavy (non-hydrogen) atoms. The number of ketones is 1. The average Bonchev–Trinajstić information content (AvgIpc) is 3.39. The van der Waals surface area contributed by atoms with Crippen molar-refractivity contribution >= 4 is 22.6 Å². The molecule has 0 spiro atoms. The Balaban J connectivity index is 1.32. The summed E-state index contributed by atoms with van der Waals surface area (Å²) in [6.07, 6.45) is 3.78. The largest absolute Gasteiger partial charge is 0.361 e. The number of fused-ring (bicyclic) bond motifs is 1. The fourth-order valence-corrected chi connectivity index (χ4v) is 4.87. The van der Waals surface area contributed by atoms with E-state index in [1.165, 1.54) is 10.9 Å². The molecule has 1 saturated heterocycles. The molecule has 4 aromatic rings. The second-order valence-corrected chi connectivity index (χ2v) is 8.48. The lowest BCUT2D eigenvalue weighted by atomic mass is 9.89. The van der Waals surface area contributed by atoms with Crippen molar-refractivity contribution in [3.05, 3.63) is 83.3 Å². The van der Waals surface area contributed by atoms with Crippen LogP contribution in [0.1, 0.15) is 46.1 Å². The zero-order valence-electron chi connectivity index (χ0n) is 18.3. The predicted molar refractivity (Wildman–Crippen MR) is 124 cm³/mol. The number of nitrogens with one attached hydrogen (secondary N) is 1. The number of amides is 1. The Hall–Kier alpha value is -3.67. The molecule has 6 heteroatoms. The molecule has 1 N–H and O–H groups in total. The van der Waals surface area contributed by atoms with E-state index in [0.717, 1.165) is 24.0 Å². The van der Waals surface area contributed by atoms with E-state index in [2.05, 4.69) is 34.5 Å². The summed E-state index contributed by atoms with van der Waals surface area (Å²) >= 11 is 0. The maximum absolute atomic E-state index is 13.2. The van der Waals surface area contributed by atoms with E-state index in [9.17, 15) is 9.59 Å². The highest BCUT2D eigenvalue weighted by molar-refractivity contribution is 6.43. The van der Waals surface area contributed by atoms with Gasteiger partial charge in [-0.2, -0.15) is 5.10 Å². The number of aryl methyl sites for hydroxylation is 1. The molecule has 0 saturated carbocycles. The van der Waals surface area contributed by atoms with Crippen LogP contribution in [-0.4, -0.2) is 44.4 Å². The number of hydrogen-bond acceptors (Lipinski definition) is 3. The molecule has 1 fully saturated rings. The lowest BCUT2D eigenvalue weighted by Gasteiger charge is -2.31. The number of hydrogen-bond donors (Lipinski definition) is 1. The van der Waals surface area contributed by atoms with Gasteiger partial charge in [0.05, 0.1) is 22.6 Å². The fraction of sp³-hybridized carbons (Fsp3) is 0.269. The highest BCUT2D eigenvalue weighted by Gasteiger charge is 2.32. The summed E-state index contributed by atoms with van der Waals surface area (Å²) in [4.78, 5) is 31.3. The Labute approximate surface area is 186 Å². The van der Waals surface area contributed by atoms with Crippen LogP contribution in [0.3, 0.4) is 0 Å². The average molecular weight is 427 g/mol. The third-order valence-electron chi connectivity index (χ3n) is 6.56. The van der Waals surface area contributed by atoms with Crippen LogP contribution < -0.4 is 0 Å². The van der Waals surface area contributed by atoms with Crippen molar-refractivity contribution in [1.82, 2.24) is 19.7 Å². The lowest BCUT2D eigenvalue weighted by molar-refractivity contribution is -0.127. The number of nitrogens with zero attached hydrogens (tertiary/aromatic N) is 3. The molecule has 162 valence electrons. The normalized spacial score (nSPS) is 14.8. The third kappa shape index (κ3) is 3.42. The Morgan fingerprint density at radius 1 is 0.969 bits per heavy atom. The zero-order chi connectivity index (χ0) is 22.2. The van der Waals surface area contributed by atoms with Gasteiger partial charge in [0.25, 0.3) is 11.7 Å². The predicted octanol–water partition coefficient (Wildman–Crippen LogP) is 4.56. The zero-order valence-corrected chi connectivity index (χ0v) is 18.3. The van der Waals surface area contributed by atoms with Gasteiger partial charge in [-0.1, -0.05) is 36.4 Å². The van der Waals surface area contributed by atoms with Crippen molar-refractivity contribution in [3.8, 4) is 5.69 Å². The molecule has 0 radical (unpaired) electrons. The molecule has 6 nitrogen and oxygen atoms in total. The summed E-state index contributed by atoms with van der Waals surface area (Å²) < 4.78 is 1.74. The monoisotopic (exact) mass is 426 g/mol. The highest BCUT2D eigenvalue weighted by atomic mass is 16.2. The van der Waals surface area contributed by atoms with Crippen LogP contribution in [0.25, 0.3) is 16.6 Å². The first-order valence-corrected chi connectivity index (χ1v) is 11.1. The Morgan fingerprint density at radius 2 is 1.66 bits per heavy atom. The summed E-state index contributed by atoms with van der Waals surface area (Å²) in [7, 11) is 0. The summed E-state index contributed by atoms with van der Waals surface area (Å²) in [6.45, 7) is 4.80. The molecular formula is C26H26N4O2. The minimum absolute atomic E-state index is 0.384. The second kappa shape index (κ2) is 8.11. The lowest BCUT2D eigenvalue weighted by Crippen LogP contribution is -2.42. The van der Waals surface area contributed by atoms with Crippen molar-refractivity contribution in [2.24, 2.45) is 0 Å².